The van der Waals surface area contributed by atoms with Crippen LogP contribution in [0.2, 0.25) is 0 Å². The molecule has 1 unspecified atom stereocenters. The van der Waals surface area contributed by atoms with Gasteiger partial charge in [-0.1, -0.05) is 30.3 Å². The van der Waals surface area contributed by atoms with Crippen molar-refractivity contribution in [3.63, 3.8) is 0 Å². The summed E-state index contributed by atoms with van der Waals surface area (Å²) in [7, 11) is 2.02. The molecule has 1 saturated heterocycles. The maximum atomic E-state index is 5.83. The molecule has 1 aromatic heterocycles. The lowest BCUT2D eigenvalue weighted by molar-refractivity contribution is 0.286. The van der Waals surface area contributed by atoms with Gasteiger partial charge in [0.1, 0.15) is 0 Å². The van der Waals surface area contributed by atoms with Crippen molar-refractivity contribution in [2.75, 3.05) is 20.1 Å². The molecular formula is C15H21Cl2N3O. The summed E-state index contributed by atoms with van der Waals surface area (Å²) in [5.41, 5.74) is 1.08. The molecule has 6 heteroatoms. The second-order valence-electron chi connectivity index (χ2n) is 4.99. The highest BCUT2D eigenvalue weighted by molar-refractivity contribution is 5.85. The highest BCUT2D eigenvalue weighted by Crippen LogP contribution is 2.21. The standard InChI is InChI=1S/C15H19N3O.2ClH/c1-16-13-7-8-18(10-13)11-15-17-9-14(19-15)12-5-3-2-4-6-12;;/h2-6,9,13,16H,7-8,10-11H2,1H3;2*1H. The molecule has 0 aliphatic carbocycles. The maximum Gasteiger partial charge on any atom is 0.209 e. The van der Waals surface area contributed by atoms with Crippen LogP contribution in [0, 0.1) is 0 Å². The summed E-state index contributed by atoms with van der Waals surface area (Å²) >= 11 is 0. The molecule has 2 heterocycles. The molecule has 1 aromatic carbocycles. The Morgan fingerprint density at radius 3 is 2.71 bits per heavy atom. The third kappa shape index (κ3) is 4.45. The Morgan fingerprint density at radius 2 is 2.05 bits per heavy atom. The number of benzene rings is 1. The summed E-state index contributed by atoms with van der Waals surface area (Å²) in [5.74, 6) is 1.65. The third-order valence-electron chi connectivity index (χ3n) is 3.65. The van der Waals surface area contributed by atoms with Gasteiger partial charge in [0.2, 0.25) is 5.89 Å². The van der Waals surface area contributed by atoms with Gasteiger partial charge in [0.25, 0.3) is 0 Å². The van der Waals surface area contributed by atoms with Gasteiger partial charge in [0.15, 0.2) is 5.76 Å². The second-order valence-corrected chi connectivity index (χ2v) is 4.99. The molecule has 1 fully saturated rings. The molecule has 1 aliphatic heterocycles. The van der Waals surface area contributed by atoms with Crippen LogP contribution in [0.15, 0.2) is 40.9 Å². The van der Waals surface area contributed by atoms with E-state index in [0.29, 0.717) is 6.04 Å². The maximum absolute atomic E-state index is 5.83. The van der Waals surface area contributed by atoms with Gasteiger partial charge < -0.3 is 9.73 Å². The van der Waals surface area contributed by atoms with Gasteiger partial charge in [0, 0.05) is 24.7 Å². The summed E-state index contributed by atoms with van der Waals surface area (Å²) in [6.07, 6.45) is 3.01. The average Bonchev–Trinajstić information content (AvgIpc) is 3.09. The number of rotatable bonds is 4. The fraction of sp³-hybridized carbons (Fsp3) is 0.400. The number of hydrogen-bond acceptors (Lipinski definition) is 4. The number of likely N-dealkylation sites (N-methyl/N-ethyl adjacent to an activating group) is 1. The minimum Gasteiger partial charge on any atom is -0.439 e. The van der Waals surface area contributed by atoms with Crippen LogP contribution in [0.3, 0.4) is 0 Å². The zero-order valence-electron chi connectivity index (χ0n) is 12.0. The van der Waals surface area contributed by atoms with Gasteiger partial charge in [-0.2, -0.15) is 0 Å². The summed E-state index contributed by atoms with van der Waals surface area (Å²) in [5, 5.41) is 3.32. The van der Waals surface area contributed by atoms with Crippen LogP contribution in [-0.4, -0.2) is 36.1 Å². The van der Waals surface area contributed by atoms with E-state index in [-0.39, 0.29) is 24.8 Å². The van der Waals surface area contributed by atoms with Crippen molar-refractivity contribution in [3.05, 3.63) is 42.4 Å². The molecule has 1 N–H and O–H groups in total. The number of hydrogen-bond donors (Lipinski definition) is 1. The Bertz CT molecular complexity index is 533. The predicted octanol–water partition coefficient (Wildman–Crippen LogP) is 2.98. The molecule has 0 saturated carbocycles. The lowest BCUT2D eigenvalue weighted by Gasteiger charge is -2.13. The molecule has 0 bridgehead atoms. The van der Waals surface area contributed by atoms with Crippen molar-refractivity contribution >= 4 is 24.8 Å². The highest BCUT2D eigenvalue weighted by Gasteiger charge is 2.22. The summed E-state index contributed by atoms with van der Waals surface area (Å²) < 4.78 is 5.83. The number of nitrogens with zero attached hydrogens (tertiary/aromatic N) is 2. The molecule has 4 nitrogen and oxygen atoms in total. The van der Waals surface area contributed by atoms with E-state index in [9.17, 15) is 0 Å². The molecular weight excluding hydrogens is 309 g/mol. The minimum atomic E-state index is 0. The quantitative estimate of drug-likeness (QED) is 0.936. The summed E-state index contributed by atoms with van der Waals surface area (Å²) in [4.78, 5) is 6.75. The van der Waals surface area contributed by atoms with Crippen LogP contribution in [0.4, 0.5) is 0 Å². The fourth-order valence-corrected chi connectivity index (χ4v) is 2.52. The zero-order valence-corrected chi connectivity index (χ0v) is 13.6. The minimum absolute atomic E-state index is 0. The van der Waals surface area contributed by atoms with Crippen LogP contribution < -0.4 is 5.32 Å². The Morgan fingerprint density at radius 1 is 1.29 bits per heavy atom. The summed E-state index contributed by atoms with van der Waals surface area (Å²) in [6, 6.07) is 10.7. The number of oxazole rings is 1. The molecule has 2 aromatic rings. The van der Waals surface area contributed by atoms with E-state index < -0.39 is 0 Å². The van der Waals surface area contributed by atoms with Crippen LogP contribution >= 0.6 is 24.8 Å². The highest BCUT2D eigenvalue weighted by atomic mass is 35.5. The van der Waals surface area contributed by atoms with E-state index in [1.54, 1.807) is 0 Å². The van der Waals surface area contributed by atoms with E-state index in [0.717, 1.165) is 36.8 Å². The van der Waals surface area contributed by atoms with Crippen LogP contribution in [0.5, 0.6) is 0 Å². The molecule has 3 rings (SSSR count). The molecule has 0 amide bonds. The Hall–Kier alpha value is -1.07. The first-order valence-electron chi connectivity index (χ1n) is 6.75. The molecule has 0 radical (unpaired) electrons. The van der Waals surface area contributed by atoms with Gasteiger partial charge in [-0.3, -0.25) is 4.90 Å². The Balaban J connectivity index is 0.00000110. The first kappa shape index (κ1) is 18.0. The van der Waals surface area contributed by atoms with Crippen LogP contribution in [0.25, 0.3) is 11.3 Å². The summed E-state index contributed by atoms with van der Waals surface area (Å²) in [6.45, 7) is 2.97. The SMILES string of the molecule is CNC1CCN(Cc2ncc(-c3ccccc3)o2)C1.Cl.Cl. The smallest absolute Gasteiger partial charge is 0.209 e. The lowest BCUT2D eigenvalue weighted by atomic mass is 10.2. The van der Waals surface area contributed by atoms with Crippen molar-refractivity contribution in [2.45, 2.75) is 19.0 Å². The largest absolute Gasteiger partial charge is 0.439 e. The van der Waals surface area contributed by atoms with Crippen molar-refractivity contribution in [3.8, 4) is 11.3 Å². The van der Waals surface area contributed by atoms with Crippen LogP contribution in [0.1, 0.15) is 12.3 Å². The molecule has 116 valence electrons. The molecule has 0 spiro atoms. The van der Waals surface area contributed by atoms with E-state index in [1.165, 1.54) is 6.42 Å². The van der Waals surface area contributed by atoms with Crippen molar-refractivity contribution in [1.82, 2.24) is 15.2 Å². The average molecular weight is 330 g/mol. The van der Waals surface area contributed by atoms with Gasteiger partial charge in [-0.05, 0) is 13.5 Å². The van der Waals surface area contributed by atoms with Crippen molar-refractivity contribution < 1.29 is 4.42 Å². The Kier molecular flexibility index (Phi) is 7.18. The fourth-order valence-electron chi connectivity index (χ4n) is 2.52. The molecule has 21 heavy (non-hydrogen) atoms. The van der Waals surface area contributed by atoms with E-state index in [1.807, 2.05) is 43.6 Å². The van der Waals surface area contributed by atoms with E-state index >= 15 is 0 Å². The number of likely N-dealkylation sites (tertiary alicyclic amines) is 1. The second kappa shape index (κ2) is 8.39. The number of halogens is 2. The molecule has 1 atom stereocenters. The third-order valence-corrected chi connectivity index (χ3v) is 3.65. The monoisotopic (exact) mass is 329 g/mol. The lowest BCUT2D eigenvalue weighted by Crippen LogP contribution is -2.29. The van der Waals surface area contributed by atoms with E-state index in [4.69, 9.17) is 4.42 Å². The van der Waals surface area contributed by atoms with Gasteiger partial charge >= 0.3 is 0 Å². The van der Waals surface area contributed by atoms with Crippen LogP contribution in [-0.2, 0) is 6.54 Å². The first-order chi connectivity index (χ1) is 9.35. The van der Waals surface area contributed by atoms with Crippen molar-refractivity contribution in [1.29, 1.82) is 0 Å². The number of aromatic nitrogens is 1. The first-order valence-corrected chi connectivity index (χ1v) is 6.75. The Labute approximate surface area is 137 Å². The van der Waals surface area contributed by atoms with Gasteiger partial charge in [-0.15, -0.1) is 24.8 Å². The van der Waals surface area contributed by atoms with Gasteiger partial charge in [0.05, 0.1) is 12.7 Å². The topological polar surface area (TPSA) is 41.3 Å². The van der Waals surface area contributed by atoms with Crippen molar-refractivity contribution in [2.24, 2.45) is 0 Å². The van der Waals surface area contributed by atoms with E-state index in [2.05, 4.69) is 15.2 Å². The number of nitrogens with one attached hydrogen (secondary N) is 1. The predicted molar refractivity (Wildman–Crippen MR) is 89.2 cm³/mol. The molecule has 1 aliphatic rings. The normalized spacial score (nSPS) is 18.0. The zero-order chi connectivity index (χ0) is 13.1. The van der Waals surface area contributed by atoms with Gasteiger partial charge in [-0.25, -0.2) is 4.98 Å².